The van der Waals surface area contributed by atoms with Gasteiger partial charge in [-0.2, -0.15) is 0 Å². The number of hydrogen-bond acceptors (Lipinski definition) is 5. The van der Waals surface area contributed by atoms with Crippen molar-refractivity contribution in [2.45, 2.75) is 45.8 Å². The van der Waals surface area contributed by atoms with Crippen LogP contribution in [0, 0.1) is 0 Å². The van der Waals surface area contributed by atoms with Crippen molar-refractivity contribution in [2.75, 3.05) is 12.4 Å². The summed E-state index contributed by atoms with van der Waals surface area (Å²) >= 11 is 0. The monoisotopic (exact) mass is 335 g/mol. The summed E-state index contributed by atoms with van der Waals surface area (Å²) in [5, 5.41) is 12.1. The number of anilines is 1. The maximum Gasteiger partial charge on any atom is 0.497 e. The average molecular weight is 335 g/mol. The summed E-state index contributed by atoms with van der Waals surface area (Å²) in [6.07, 6.45) is 0. The number of nitrogens with one attached hydrogen (secondary N) is 1. The molecule has 0 saturated carbocycles. The number of amides is 1. The molecule has 1 aliphatic heterocycles. The van der Waals surface area contributed by atoms with Crippen molar-refractivity contribution in [3.63, 3.8) is 0 Å². The zero-order valence-electron chi connectivity index (χ0n) is 14.7. The number of carboxylic acids is 1. The van der Waals surface area contributed by atoms with Gasteiger partial charge in [0.25, 0.3) is 0 Å². The van der Waals surface area contributed by atoms with E-state index >= 15 is 0 Å². The third-order valence-corrected chi connectivity index (χ3v) is 4.42. The maximum absolute atomic E-state index is 11.5. The van der Waals surface area contributed by atoms with Crippen LogP contribution in [0.15, 0.2) is 12.1 Å². The number of methoxy groups -OCH3 is 1. The fourth-order valence-electron chi connectivity index (χ4n) is 2.40. The summed E-state index contributed by atoms with van der Waals surface area (Å²) < 4.78 is 17.1. The molecule has 24 heavy (non-hydrogen) atoms. The van der Waals surface area contributed by atoms with Gasteiger partial charge in [0.15, 0.2) is 0 Å². The Kier molecular flexibility index (Phi) is 4.65. The highest BCUT2D eigenvalue weighted by molar-refractivity contribution is 6.64. The summed E-state index contributed by atoms with van der Waals surface area (Å²) in [6, 6.07) is 2.87. The Bertz CT molecular complexity index is 669. The fraction of sp³-hybridized carbons (Fsp3) is 0.500. The minimum atomic E-state index is -1.14. The van der Waals surface area contributed by atoms with Gasteiger partial charge in [-0.15, -0.1) is 0 Å². The third kappa shape index (κ3) is 3.25. The van der Waals surface area contributed by atoms with E-state index in [0.717, 1.165) is 0 Å². The van der Waals surface area contributed by atoms with E-state index in [1.54, 1.807) is 0 Å². The van der Waals surface area contributed by atoms with Crippen LogP contribution < -0.4 is 15.5 Å². The molecule has 1 heterocycles. The molecule has 1 saturated heterocycles. The lowest BCUT2D eigenvalue weighted by Gasteiger charge is -2.32. The highest BCUT2D eigenvalue weighted by Gasteiger charge is 2.52. The van der Waals surface area contributed by atoms with Crippen molar-refractivity contribution < 1.29 is 28.7 Å². The second-order valence-electron chi connectivity index (χ2n) is 6.71. The van der Waals surface area contributed by atoms with Crippen LogP contribution >= 0.6 is 0 Å². The van der Waals surface area contributed by atoms with Gasteiger partial charge in [-0.25, -0.2) is 4.79 Å². The first-order valence-corrected chi connectivity index (χ1v) is 7.57. The number of rotatable bonds is 4. The van der Waals surface area contributed by atoms with Crippen molar-refractivity contribution in [1.82, 2.24) is 0 Å². The molecule has 2 rings (SSSR count). The Morgan fingerprint density at radius 2 is 1.71 bits per heavy atom. The molecule has 0 bridgehead atoms. The predicted octanol–water partition coefficient (Wildman–Crippen LogP) is 1.65. The SMILES string of the molecule is COc1cc(NC(C)=O)c(B2OC(C)(C)C(C)(C)O2)cc1C(=O)O. The van der Waals surface area contributed by atoms with Crippen molar-refractivity contribution in [3.8, 4) is 5.75 Å². The molecule has 7 nitrogen and oxygen atoms in total. The Balaban J connectivity index is 2.57. The molecule has 1 amide bonds. The van der Waals surface area contributed by atoms with Crippen molar-refractivity contribution in [2.24, 2.45) is 0 Å². The van der Waals surface area contributed by atoms with E-state index < -0.39 is 24.3 Å². The second kappa shape index (κ2) is 6.10. The van der Waals surface area contributed by atoms with Gasteiger partial charge in [-0.05, 0) is 33.8 Å². The molecule has 0 unspecified atom stereocenters. The lowest BCUT2D eigenvalue weighted by atomic mass is 9.76. The molecular weight excluding hydrogens is 313 g/mol. The predicted molar refractivity (Wildman–Crippen MR) is 90.0 cm³/mol. The normalized spacial score (nSPS) is 18.3. The molecule has 8 heteroatoms. The number of carbonyl (C=O) groups excluding carboxylic acids is 1. The Labute approximate surface area is 141 Å². The topological polar surface area (TPSA) is 94.1 Å². The van der Waals surface area contributed by atoms with Crippen LogP contribution in [-0.2, 0) is 14.1 Å². The standard InChI is InChI=1S/C16H22BNO6/c1-9(19)18-12-8-13(22-6)10(14(20)21)7-11(12)17-23-15(2,3)16(4,5)24-17/h7-8H,1-6H3,(H,18,19)(H,20,21). The van der Waals surface area contributed by atoms with Crippen molar-refractivity contribution in [1.29, 1.82) is 0 Å². The lowest BCUT2D eigenvalue weighted by molar-refractivity contribution is -0.114. The number of carbonyl (C=O) groups is 2. The maximum atomic E-state index is 11.5. The summed E-state index contributed by atoms with van der Waals surface area (Å²) in [4.78, 5) is 23.0. The highest BCUT2D eigenvalue weighted by atomic mass is 16.7. The van der Waals surface area contributed by atoms with Crippen LogP contribution in [0.25, 0.3) is 0 Å². The zero-order valence-corrected chi connectivity index (χ0v) is 14.7. The fourth-order valence-corrected chi connectivity index (χ4v) is 2.40. The van der Waals surface area contributed by atoms with Gasteiger partial charge in [0.1, 0.15) is 11.3 Å². The first-order chi connectivity index (χ1) is 11.0. The largest absolute Gasteiger partial charge is 0.497 e. The number of aromatic carboxylic acids is 1. The molecule has 0 spiro atoms. The second-order valence-corrected chi connectivity index (χ2v) is 6.71. The molecule has 1 aromatic carbocycles. The van der Waals surface area contributed by atoms with Gasteiger partial charge in [-0.3, -0.25) is 4.79 Å². The minimum absolute atomic E-state index is 0.0312. The third-order valence-electron chi connectivity index (χ3n) is 4.42. The van der Waals surface area contributed by atoms with Gasteiger partial charge >= 0.3 is 13.1 Å². The van der Waals surface area contributed by atoms with Crippen LogP contribution in [0.1, 0.15) is 45.0 Å². The first-order valence-electron chi connectivity index (χ1n) is 7.57. The molecule has 1 fully saturated rings. The number of carboxylic acid groups (broad SMARTS) is 1. The highest BCUT2D eigenvalue weighted by Crippen LogP contribution is 2.37. The van der Waals surface area contributed by atoms with E-state index in [1.807, 2.05) is 27.7 Å². The van der Waals surface area contributed by atoms with Gasteiger partial charge < -0.3 is 24.5 Å². The van der Waals surface area contributed by atoms with E-state index in [2.05, 4.69) is 5.32 Å². The van der Waals surface area contributed by atoms with E-state index in [0.29, 0.717) is 11.2 Å². The van der Waals surface area contributed by atoms with E-state index in [4.69, 9.17) is 14.0 Å². The van der Waals surface area contributed by atoms with Crippen LogP contribution in [0.4, 0.5) is 5.69 Å². The minimum Gasteiger partial charge on any atom is -0.496 e. The molecule has 2 N–H and O–H groups in total. The van der Waals surface area contributed by atoms with Gasteiger partial charge in [-0.1, -0.05) is 0 Å². The summed E-state index contributed by atoms with van der Waals surface area (Å²) in [6.45, 7) is 8.95. The molecular formula is C16H22BNO6. The smallest absolute Gasteiger partial charge is 0.496 e. The van der Waals surface area contributed by atoms with Gasteiger partial charge in [0, 0.05) is 24.1 Å². The number of ether oxygens (including phenoxy) is 1. The van der Waals surface area contributed by atoms with Crippen LogP contribution in [-0.4, -0.2) is 42.4 Å². The molecule has 0 aliphatic carbocycles. The van der Waals surface area contributed by atoms with Crippen LogP contribution in [0.3, 0.4) is 0 Å². The van der Waals surface area contributed by atoms with Crippen LogP contribution in [0.2, 0.25) is 0 Å². The molecule has 0 atom stereocenters. The summed E-state index contributed by atoms with van der Waals surface area (Å²) in [5.74, 6) is -1.29. The lowest BCUT2D eigenvalue weighted by Crippen LogP contribution is -2.41. The zero-order chi connectivity index (χ0) is 18.3. The molecule has 0 aromatic heterocycles. The van der Waals surface area contributed by atoms with Gasteiger partial charge in [0.05, 0.1) is 18.3 Å². The first kappa shape index (κ1) is 18.3. The Morgan fingerprint density at radius 3 is 2.12 bits per heavy atom. The average Bonchev–Trinajstić information content (AvgIpc) is 2.65. The van der Waals surface area contributed by atoms with Crippen LogP contribution in [0.5, 0.6) is 5.75 Å². The molecule has 0 radical (unpaired) electrons. The Morgan fingerprint density at radius 1 is 1.17 bits per heavy atom. The van der Waals surface area contributed by atoms with E-state index in [9.17, 15) is 14.7 Å². The van der Waals surface area contributed by atoms with Crippen molar-refractivity contribution >= 4 is 30.1 Å². The van der Waals surface area contributed by atoms with Crippen molar-refractivity contribution in [3.05, 3.63) is 17.7 Å². The molecule has 1 aromatic rings. The number of benzene rings is 1. The summed E-state index contributed by atoms with van der Waals surface area (Å²) in [5.41, 5.74) is -0.385. The quantitative estimate of drug-likeness (QED) is 0.813. The van der Waals surface area contributed by atoms with E-state index in [1.165, 1.54) is 26.2 Å². The number of hydrogen-bond donors (Lipinski definition) is 2. The molecule has 130 valence electrons. The Hall–Kier alpha value is -2.06. The molecule has 1 aliphatic rings. The summed E-state index contributed by atoms with van der Waals surface area (Å²) in [7, 11) is 0.564. The van der Waals surface area contributed by atoms with E-state index in [-0.39, 0.29) is 17.2 Å². The van der Waals surface area contributed by atoms with Gasteiger partial charge in [0.2, 0.25) is 5.91 Å².